The zero-order valence-electron chi connectivity index (χ0n) is 17.4. The fraction of sp³-hybridized carbons (Fsp3) is 0.619. The van der Waals surface area contributed by atoms with Crippen LogP contribution in [-0.4, -0.2) is 49.8 Å². The second kappa shape index (κ2) is 9.66. The molecule has 7 nitrogen and oxygen atoms in total. The van der Waals surface area contributed by atoms with Crippen LogP contribution in [0.15, 0.2) is 23.1 Å². The van der Waals surface area contributed by atoms with E-state index in [1.807, 2.05) is 0 Å². The average molecular weight is 457 g/mol. The molecule has 166 valence electrons. The van der Waals surface area contributed by atoms with Crippen LogP contribution < -0.4 is 5.32 Å². The molecule has 9 heteroatoms. The lowest BCUT2D eigenvalue weighted by Crippen LogP contribution is -2.46. The normalized spacial score (nSPS) is 23.7. The first-order valence-electron chi connectivity index (χ1n) is 10.5. The predicted molar refractivity (Wildman–Crippen MR) is 114 cm³/mol. The van der Waals surface area contributed by atoms with Gasteiger partial charge >= 0.3 is 5.97 Å². The van der Waals surface area contributed by atoms with Crippen LogP contribution in [0.25, 0.3) is 0 Å². The maximum atomic E-state index is 12.8. The van der Waals surface area contributed by atoms with E-state index in [2.05, 4.69) is 12.2 Å². The van der Waals surface area contributed by atoms with Crippen LogP contribution in [0.3, 0.4) is 0 Å². The van der Waals surface area contributed by atoms with Crippen LogP contribution in [0.5, 0.6) is 0 Å². The summed E-state index contributed by atoms with van der Waals surface area (Å²) in [6.45, 7) is 4.49. The molecule has 2 fully saturated rings. The number of carbonyl (C=O) groups excluding carboxylic acids is 2. The van der Waals surface area contributed by atoms with Gasteiger partial charge in [0, 0.05) is 19.1 Å². The van der Waals surface area contributed by atoms with Gasteiger partial charge in [-0.15, -0.1) is 0 Å². The van der Waals surface area contributed by atoms with Gasteiger partial charge in [0.25, 0.3) is 5.91 Å². The maximum absolute atomic E-state index is 12.8. The molecule has 3 atom stereocenters. The first-order chi connectivity index (χ1) is 14.2. The highest BCUT2D eigenvalue weighted by Gasteiger charge is 2.31. The Kier molecular flexibility index (Phi) is 7.42. The van der Waals surface area contributed by atoms with E-state index in [0.29, 0.717) is 19.0 Å². The standard InChI is InChI=1S/C21H29ClN2O5S/c1-14-7-3-4-8-18(14)23-20(25)15(2)29-21(26)16-9-10-17(22)19(13-16)30(27,28)24-11-5-6-12-24/h9-10,13-15,18H,3-8,11-12H2,1-2H3,(H,23,25)/t14-,15+,18+/m1/s1. The van der Waals surface area contributed by atoms with Gasteiger partial charge in [-0.2, -0.15) is 4.31 Å². The van der Waals surface area contributed by atoms with E-state index in [-0.39, 0.29) is 27.4 Å². The average Bonchev–Trinajstić information content (AvgIpc) is 3.25. The van der Waals surface area contributed by atoms with Crippen LogP contribution >= 0.6 is 11.6 Å². The molecule has 1 aromatic rings. The van der Waals surface area contributed by atoms with Crippen molar-refractivity contribution in [3.8, 4) is 0 Å². The summed E-state index contributed by atoms with van der Waals surface area (Å²) in [4.78, 5) is 24.9. The lowest BCUT2D eigenvalue weighted by Gasteiger charge is -2.30. The van der Waals surface area contributed by atoms with E-state index in [1.165, 1.54) is 29.4 Å². The molecule has 1 aliphatic heterocycles. The minimum atomic E-state index is -3.78. The number of sulfonamides is 1. The zero-order valence-corrected chi connectivity index (χ0v) is 19.0. The van der Waals surface area contributed by atoms with Crippen molar-refractivity contribution in [2.24, 2.45) is 5.92 Å². The number of benzene rings is 1. The second-order valence-electron chi connectivity index (χ2n) is 8.18. The molecule has 1 saturated carbocycles. The van der Waals surface area contributed by atoms with Gasteiger partial charge in [0.1, 0.15) is 4.90 Å². The SMILES string of the molecule is C[C@H](OC(=O)c1ccc(Cl)c(S(=O)(=O)N2CCCC2)c1)C(=O)N[C@H]1CCCC[C@H]1C. The van der Waals surface area contributed by atoms with Crippen molar-refractivity contribution in [2.45, 2.75) is 69.4 Å². The van der Waals surface area contributed by atoms with Crippen LogP contribution in [0.4, 0.5) is 0 Å². The summed E-state index contributed by atoms with van der Waals surface area (Å²) in [5.41, 5.74) is 0.0443. The van der Waals surface area contributed by atoms with E-state index >= 15 is 0 Å². The first-order valence-corrected chi connectivity index (χ1v) is 12.3. The van der Waals surface area contributed by atoms with Gasteiger partial charge in [0.05, 0.1) is 10.6 Å². The Morgan fingerprint density at radius 3 is 2.50 bits per heavy atom. The topological polar surface area (TPSA) is 92.8 Å². The predicted octanol–water partition coefficient (Wildman–Crippen LogP) is 3.36. The quantitative estimate of drug-likeness (QED) is 0.662. The van der Waals surface area contributed by atoms with Crippen LogP contribution in [-0.2, 0) is 19.6 Å². The number of carbonyl (C=O) groups is 2. The van der Waals surface area contributed by atoms with E-state index in [1.54, 1.807) is 0 Å². The number of ether oxygens (including phenoxy) is 1. The van der Waals surface area contributed by atoms with Crippen molar-refractivity contribution < 1.29 is 22.7 Å². The molecule has 1 amide bonds. The molecule has 1 aromatic carbocycles. The third-order valence-corrected chi connectivity index (χ3v) is 8.32. The fourth-order valence-corrected chi connectivity index (χ4v) is 6.03. The van der Waals surface area contributed by atoms with Gasteiger partial charge in [-0.05, 0) is 56.7 Å². The van der Waals surface area contributed by atoms with Crippen molar-refractivity contribution in [3.05, 3.63) is 28.8 Å². The lowest BCUT2D eigenvalue weighted by atomic mass is 9.86. The smallest absolute Gasteiger partial charge is 0.338 e. The molecule has 1 saturated heterocycles. The summed E-state index contributed by atoms with van der Waals surface area (Å²) < 4.78 is 32.3. The molecule has 2 aliphatic rings. The number of hydrogen-bond donors (Lipinski definition) is 1. The van der Waals surface area contributed by atoms with Crippen molar-refractivity contribution in [1.82, 2.24) is 9.62 Å². The molecule has 0 aromatic heterocycles. The highest BCUT2D eigenvalue weighted by Crippen LogP contribution is 2.28. The Morgan fingerprint density at radius 1 is 1.17 bits per heavy atom. The number of esters is 1. The van der Waals surface area contributed by atoms with Crippen LogP contribution in [0, 0.1) is 5.92 Å². The molecule has 0 bridgehead atoms. The number of nitrogens with one attached hydrogen (secondary N) is 1. The summed E-state index contributed by atoms with van der Waals surface area (Å²) in [6, 6.07) is 4.09. The molecule has 30 heavy (non-hydrogen) atoms. The second-order valence-corrected chi connectivity index (χ2v) is 10.5. The lowest BCUT2D eigenvalue weighted by molar-refractivity contribution is -0.130. The maximum Gasteiger partial charge on any atom is 0.338 e. The summed E-state index contributed by atoms with van der Waals surface area (Å²) in [5, 5.41) is 3.02. The number of nitrogens with zero attached hydrogens (tertiary/aromatic N) is 1. The largest absolute Gasteiger partial charge is 0.449 e. The van der Waals surface area contributed by atoms with Crippen molar-refractivity contribution >= 4 is 33.5 Å². The number of amides is 1. The third-order valence-electron chi connectivity index (χ3n) is 5.94. The van der Waals surface area contributed by atoms with E-state index < -0.39 is 22.1 Å². The molecule has 3 rings (SSSR count). The van der Waals surface area contributed by atoms with Crippen molar-refractivity contribution in [3.63, 3.8) is 0 Å². The summed E-state index contributed by atoms with van der Waals surface area (Å²) in [5.74, 6) is -0.718. The summed E-state index contributed by atoms with van der Waals surface area (Å²) >= 11 is 6.12. The number of rotatable bonds is 6. The Hall–Kier alpha value is -1.64. The number of halogens is 1. The van der Waals surface area contributed by atoms with Gasteiger partial charge in [0.2, 0.25) is 10.0 Å². The highest BCUT2D eigenvalue weighted by molar-refractivity contribution is 7.89. The highest BCUT2D eigenvalue weighted by atomic mass is 35.5. The minimum Gasteiger partial charge on any atom is -0.449 e. The molecule has 0 radical (unpaired) electrons. The molecule has 1 heterocycles. The molecule has 0 unspecified atom stereocenters. The Bertz CT molecular complexity index is 899. The van der Waals surface area contributed by atoms with Crippen molar-refractivity contribution in [2.75, 3.05) is 13.1 Å². The van der Waals surface area contributed by atoms with E-state index in [9.17, 15) is 18.0 Å². The van der Waals surface area contributed by atoms with E-state index in [0.717, 1.165) is 38.5 Å². The van der Waals surface area contributed by atoms with Gasteiger partial charge in [-0.1, -0.05) is 31.4 Å². The Balaban J connectivity index is 1.68. The minimum absolute atomic E-state index is 0.0443. The molecule has 1 N–H and O–H groups in total. The monoisotopic (exact) mass is 456 g/mol. The molecule has 1 aliphatic carbocycles. The third kappa shape index (κ3) is 5.15. The zero-order chi connectivity index (χ0) is 21.9. The molecular weight excluding hydrogens is 428 g/mol. The van der Waals surface area contributed by atoms with Gasteiger partial charge in [0.15, 0.2) is 6.10 Å². The summed E-state index contributed by atoms with van der Waals surface area (Å²) in [7, 11) is -3.78. The number of hydrogen-bond acceptors (Lipinski definition) is 5. The Morgan fingerprint density at radius 2 is 1.83 bits per heavy atom. The summed E-state index contributed by atoms with van der Waals surface area (Å²) in [6.07, 6.45) is 4.83. The fourth-order valence-electron chi connectivity index (χ4n) is 4.01. The molecular formula is C21H29ClN2O5S. The molecule has 0 spiro atoms. The van der Waals surface area contributed by atoms with Gasteiger partial charge in [-0.25, -0.2) is 13.2 Å². The van der Waals surface area contributed by atoms with E-state index in [4.69, 9.17) is 16.3 Å². The Labute approximate surface area is 183 Å². The first kappa shape index (κ1) is 23.0. The van der Waals surface area contributed by atoms with Gasteiger partial charge < -0.3 is 10.1 Å². The van der Waals surface area contributed by atoms with Gasteiger partial charge in [-0.3, -0.25) is 4.79 Å². The van der Waals surface area contributed by atoms with Crippen LogP contribution in [0.2, 0.25) is 5.02 Å². The van der Waals surface area contributed by atoms with Crippen LogP contribution in [0.1, 0.15) is 62.7 Å². The van der Waals surface area contributed by atoms with Crippen molar-refractivity contribution in [1.29, 1.82) is 0 Å².